The molecule has 0 unspecified atom stereocenters. The van der Waals surface area contributed by atoms with Gasteiger partial charge in [-0.25, -0.2) is 15.0 Å². The standard InChI is InChI=1S/C27H28N4O2.C21H22N2O3/c1-26(2)32-17-27(3,18-33-26)25-30-22-14-9-13-21(19-10-5-4-6-11-19)23(22)24(31-25)29-16-20-12-7-8-15-28-20;1-20(2)25-12-21(3,13-26-20)19-22-16-11-7-10-15(17(16)18(24)23-19)14-8-5-4-6-9-14/h4-15H,16-18H2,1-3H3,(H,29,30,31);4-11H,12-13H2,1-3H3,(H,22,23,24). The molecule has 3 aromatic heterocycles. The van der Waals surface area contributed by atoms with E-state index in [1.165, 1.54) is 0 Å². The van der Waals surface area contributed by atoms with Gasteiger partial charge in [-0.2, -0.15) is 0 Å². The van der Waals surface area contributed by atoms with Gasteiger partial charge in [0.05, 0.1) is 71.3 Å². The molecule has 0 radical (unpaired) electrons. The van der Waals surface area contributed by atoms with Gasteiger partial charge in [-0.15, -0.1) is 0 Å². The molecule has 2 aliphatic heterocycles. The fourth-order valence-corrected chi connectivity index (χ4v) is 7.22. The normalized spacial score (nSPS) is 17.8. The quantitative estimate of drug-likeness (QED) is 0.161. The Balaban J connectivity index is 0.000000169. The molecule has 2 aliphatic rings. The van der Waals surface area contributed by atoms with Crippen molar-refractivity contribution in [2.45, 2.75) is 70.5 Å². The minimum Gasteiger partial charge on any atom is -0.364 e. The zero-order chi connectivity index (χ0) is 41.3. The van der Waals surface area contributed by atoms with E-state index in [0.29, 0.717) is 55.5 Å². The number of aromatic nitrogens is 5. The lowest BCUT2D eigenvalue weighted by atomic mass is 9.90. The number of benzene rings is 4. The Kier molecular flexibility index (Phi) is 10.9. The lowest BCUT2D eigenvalue weighted by Gasteiger charge is -2.40. The molecule has 59 heavy (non-hydrogen) atoms. The first kappa shape index (κ1) is 40.0. The maximum atomic E-state index is 12.9. The van der Waals surface area contributed by atoms with E-state index in [2.05, 4.69) is 40.4 Å². The molecule has 0 bridgehead atoms. The highest BCUT2D eigenvalue weighted by atomic mass is 16.7. The van der Waals surface area contributed by atoms with Gasteiger partial charge < -0.3 is 29.2 Å². The number of fused-ring (bicyclic) bond motifs is 2. The second-order valence-electron chi connectivity index (χ2n) is 16.7. The van der Waals surface area contributed by atoms with Crippen LogP contribution in [-0.2, 0) is 36.3 Å². The van der Waals surface area contributed by atoms with Crippen LogP contribution in [0.2, 0.25) is 0 Å². The van der Waals surface area contributed by atoms with Gasteiger partial charge in [0.2, 0.25) is 0 Å². The molecule has 11 heteroatoms. The van der Waals surface area contributed by atoms with Crippen molar-refractivity contribution in [3.05, 3.63) is 149 Å². The summed E-state index contributed by atoms with van der Waals surface area (Å²) in [6.45, 7) is 14.1. The summed E-state index contributed by atoms with van der Waals surface area (Å²) in [6.07, 6.45) is 1.80. The van der Waals surface area contributed by atoms with Crippen LogP contribution in [0, 0.1) is 0 Å². The van der Waals surface area contributed by atoms with E-state index in [1.54, 1.807) is 6.20 Å². The van der Waals surface area contributed by atoms with Crippen molar-refractivity contribution in [2.75, 3.05) is 31.7 Å². The highest BCUT2D eigenvalue weighted by Crippen LogP contribution is 2.37. The number of anilines is 1. The number of rotatable bonds is 7. The highest BCUT2D eigenvalue weighted by molar-refractivity contribution is 6.02. The van der Waals surface area contributed by atoms with Gasteiger partial charge >= 0.3 is 0 Å². The van der Waals surface area contributed by atoms with Crippen molar-refractivity contribution in [3.63, 3.8) is 0 Å². The van der Waals surface area contributed by atoms with Crippen LogP contribution in [0.4, 0.5) is 5.82 Å². The molecule has 302 valence electrons. The predicted octanol–water partition coefficient (Wildman–Crippen LogP) is 8.98. The Bertz CT molecular complexity index is 2610. The van der Waals surface area contributed by atoms with E-state index in [-0.39, 0.29) is 5.56 Å². The molecule has 9 rings (SSSR count). The average molecular weight is 791 g/mol. The first-order valence-electron chi connectivity index (χ1n) is 20.0. The number of nitrogens with zero attached hydrogens (tertiary/aromatic N) is 4. The first-order valence-corrected chi connectivity index (χ1v) is 20.0. The van der Waals surface area contributed by atoms with Crippen LogP contribution in [-0.4, -0.2) is 62.9 Å². The van der Waals surface area contributed by atoms with Gasteiger partial charge in [0.15, 0.2) is 11.6 Å². The minimum absolute atomic E-state index is 0.143. The summed E-state index contributed by atoms with van der Waals surface area (Å²) < 4.78 is 23.5. The van der Waals surface area contributed by atoms with E-state index in [0.717, 1.165) is 44.7 Å². The number of H-pyrrole nitrogens is 1. The Morgan fingerprint density at radius 1 is 0.576 bits per heavy atom. The Morgan fingerprint density at radius 2 is 1.10 bits per heavy atom. The zero-order valence-corrected chi connectivity index (χ0v) is 34.4. The average Bonchev–Trinajstić information content (AvgIpc) is 3.25. The summed E-state index contributed by atoms with van der Waals surface area (Å²) in [6, 6.07) is 38.1. The van der Waals surface area contributed by atoms with Crippen molar-refractivity contribution in [1.29, 1.82) is 0 Å². The SMILES string of the molecule is CC1(C)OCC(C)(c2nc(NCc3ccccn3)c3c(-c4ccccc4)cccc3n2)CO1.CC1(C)OCC(C)(c2nc3cccc(-c4ccccc4)c3c(=O)[nH]2)CO1. The molecule has 2 N–H and O–H groups in total. The Hall–Kier alpha value is -5.85. The number of hydrogen-bond acceptors (Lipinski definition) is 10. The van der Waals surface area contributed by atoms with Crippen LogP contribution in [0.5, 0.6) is 0 Å². The summed E-state index contributed by atoms with van der Waals surface area (Å²) in [5.74, 6) is 0.870. The predicted molar refractivity (Wildman–Crippen MR) is 231 cm³/mol. The van der Waals surface area contributed by atoms with E-state index in [9.17, 15) is 4.79 Å². The molecular weight excluding hydrogens is 741 g/mol. The lowest BCUT2D eigenvalue weighted by molar-refractivity contribution is -0.268. The minimum atomic E-state index is -0.614. The van der Waals surface area contributed by atoms with Crippen molar-refractivity contribution >= 4 is 27.6 Å². The van der Waals surface area contributed by atoms with Crippen LogP contribution < -0.4 is 10.9 Å². The molecule has 4 aromatic carbocycles. The summed E-state index contributed by atoms with van der Waals surface area (Å²) in [7, 11) is 0. The second kappa shape index (κ2) is 16.1. The molecule has 0 aliphatic carbocycles. The van der Waals surface area contributed by atoms with Crippen LogP contribution in [0.1, 0.15) is 58.9 Å². The van der Waals surface area contributed by atoms with Gasteiger partial charge in [0.1, 0.15) is 17.5 Å². The third-order valence-electron chi connectivity index (χ3n) is 10.9. The molecule has 0 amide bonds. The fraction of sp³-hybridized carbons (Fsp3) is 0.312. The molecule has 11 nitrogen and oxygen atoms in total. The molecular formula is C48H50N6O5. The molecule has 7 aromatic rings. The number of ether oxygens (including phenoxy) is 4. The summed E-state index contributed by atoms with van der Waals surface area (Å²) in [5.41, 5.74) is 5.51. The van der Waals surface area contributed by atoms with E-state index in [4.69, 9.17) is 33.9 Å². The monoisotopic (exact) mass is 790 g/mol. The van der Waals surface area contributed by atoms with Crippen molar-refractivity contribution in [2.24, 2.45) is 0 Å². The molecule has 5 heterocycles. The Morgan fingerprint density at radius 3 is 1.66 bits per heavy atom. The largest absolute Gasteiger partial charge is 0.364 e. The fourth-order valence-electron chi connectivity index (χ4n) is 7.22. The third-order valence-corrected chi connectivity index (χ3v) is 10.9. The number of pyridine rings is 1. The molecule has 2 fully saturated rings. The van der Waals surface area contributed by atoms with E-state index >= 15 is 0 Å². The molecule has 0 atom stereocenters. The zero-order valence-electron chi connectivity index (χ0n) is 34.4. The van der Waals surface area contributed by atoms with Crippen molar-refractivity contribution in [3.8, 4) is 22.3 Å². The van der Waals surface area contributed by atoms with E-state index < -0.39 is 22.4 Å². The van der Waals surface area contributed by atoms with Crippen LogP contribution in [0.15, 0.2) is 126 Å². The summed E-state index contributed by atoms with van der Waals surface area (Å²) in [5, 5.41) is 5.12. The third kappa shape index (κ3) is 8.65. The maximum Gasteiger partial charge on any atom is 0.259 e. The highest BCUT2D eigenvalue weighted by Gasteiger charge is 2.41. The summed E-state index contributed by atoms with van der Waals surface area (Å²) in [4.78, 5) is 35.1. The van der Waals surface area contributed by atoms with Gasteiger partial charge in [-0.05, 0) is 88.1 Å². The topological polar surface area (TPSA) is 133 Å². The van der Waals surface area contributed by atoms with Crippen molar-refractivity contribution in [1.82, 2.24) is 24.9 Å². The number of aromatic amines is 1. The lowest BCUT2D eigenvalue weighted by Crippen LogP contribution is -2.48. The van der Waals surface area contributed by atoms with Gasteiger partial charge in [-0.3, -0.25) is 9.78 Å². The number of nitrogens with one attached hydrogen (secondary N) is 2. The summed E-state index contributed by atoms with van der Waals surface area (Å²) >= 11 is 0. The van der Waals surface area contributed by atoms with Crippen molar-refractivity contribution < 1.29 is 18.9 Å². The second-order valence-corrected chi connectivity index (χ2v) is 16.7. The number of hydrogen-bond donors (Lipinski definition) is 2. The Labute approximate surface area is 344 Å². The van der Waals surface area contributed by atoms with Crippen LogP contribution in [0.25, 0.3) is 44.1 Å². The molecule has 0 spiro atoms. The molecule has 2 saturated heterocycles. The molecule has 0 saturated carbocycles. The van der Waals surface area contributed by atoms with Gasteiger partial charge in [0, 0.05) is 6.20 Å². The smallest absolute Gasteiger partial charge is 0.259 e. The van der Waals surface area contributed by atoms with Crippen LogP contribution in [0.3, 0.4) is 0 Å². The maximum absolute atomic E-state index is 12.9. The van der Waals surface area contributed by atoms with Gasteiger partial charge in [-0.1, -0.05) is 91.0 Å². The van der Waals surface area contributed by atoms with Gasteiger partial charge in [0.25, 0.3) is 5.56 Å². The van der Waals surface area contributed by atoms with E-state index in [1.807, 2.05) is 132 Å². The van der Waals surface area contributed by atoms with Crippen LogP contribution >= 0.6 is 0 Å². The first-order chi connectivity index (χ1) is 28.3.